The van der Waals surface area contributed by atoms with Crippen LogP contribution in [-0.4, -0.2) is 33.0 Å². The number of aliphatic hydroxyl groups is 1. The van der Waals surface area contributed by atoms with Gasteiger partial charge in [0.2, 0.25) is 0 Å². The molecule has 0 saturated heterocycles. The highest BCUT2D eigenvalue weighted by molar-refractivity contribution is 7.20. The van der Waals surface area contributed by atoms with E-state index in [1.807, 2.05) is 30.3 Å². The largest absolute Gasteiger partial charge is 0.462 e. The second kappa shape index (κ2) is 9.38. The van der Waals surface area contributed by atoms with E-state index >= 15 is 0 Å². The summed E-state index contributed by atoms with van der Waals surface area (Å²) < 4.78 is 7.71. The first-order valence-electron chi connectivity index (χ1n) is 9.76. The van der Waals surface area contributed by atoms with E-state index in [-0.39, 0.29) is 19.6 Å². The van der Waals surface area contributed by atoms with E-state index in [1.165, 1.54) is 4.57 Å². The van der Waals surface area contributed by atoms with Gasteiger partial charge in [-0.15, -0.1) is 11.3 Å². The van der Waals surface area contributed by atoms with Crippen LogP contribution in [-0.2, 0) is 24.2 Å². The first kappa shape index (κ1) is 21.9. The van der Waals surface area contributed by atoms with Crippen LogP contribution < -0.4 is 17.0 Å². The maximum atomic E-state index is 13.1. The van der Waals surface area contributed by atoms with Crippen LogP contribution in [0.1, 0.15) is 34.1 Å². The van der Waals surface area contributed by atoms with Gasteiger partial charge >= 0.3 is 11.7 Å². The molecule has 1 aromatic carbocycles. The maximum absolute atomic E-state index is 13.1. The fourth-order valence-corrected chi connectivity index (χ4v) is 4.54. The molecule has 0 bridgehead atoms. The lowest BCUT2D eigenvalue weighted by molar-refractivity contribution is 0.0531. The smallest absolute Gasteiger partial charge is 0.348 e. The number of esters is 1. The number of ether oxygens (including phenoxy) is 1. The van der Waals surface area contributed by atoms with Crippen LogP contribution in [0.25, 0.3) is 10.2 Å². The van der Waals surface area contributed by atoms with Crippen molar-refractivity contribution in [2.24, 2.45) is 5.73 Å². The minimum absolute atomic E-state index is 0.0133. The summed E-state index contributed by atoms with van der Waals surface area (Å²) in [6.45, 7) is 3.93. The fraction of sp³-hybridized carbons (Fsp3) is 0.381. The fourth-order valence-electron chi connectivity index (χ4n) is 3.33. The summed E-state index contributed by atoms with van der Waals surface area (Å²) in [5, 5.41) is 9.74. The highest BCUT2D eigenvalue weighted by Crippen LogP contribution is 2.28. The van der Waals surface area contributed by atoms with Crippen LogP contribution in [0.5, 0.6) is 0 Å². The summed E-state index contributed by atoms with van der Waals surface area (Å²) in [4.78, 5) is 39.4. The van der Waals surface area contributed by atoms with E-state index in [4.69, 9.17) is 10.5 Å². The van der Waals surface area contributed by atoms with Gasteiger partial charge in [0.05, 0.1) is 12.0 Å². The number of nitrogens with two attached hydrogens (primary N) is 1. The average molecular weight is 432 g/mol. The van der Waals surface area contributed by atoms with Crippen molar-refractivity contribution in [2.45, 2.75) is 46.0 Å². The summed E-state index contributed by atoms with van der Waals surface area (Å²) >= 11 is 1.10. The van der Waals surface area contributed by atoms with Crippen LogP contribution in [0, 0.1) is 6.92 Å². The first-order chi connectivity index (χ1) is 14.3. The Labute approximate surface area is 177 Å². The number of fused-ring (bicyclic) bond motifs is 1. The van der Waals surface area contributed by atoms with E-state index in [0.717, 1.165) is 21.5 Å². The number of nitrogens with zero attached hydrogens (tertiary/aromatic N) is 2. The molecule has 1 unspecified atom stereocenters. The summed E-state index contributed by atoms with van der Waals surface area (Å²) in [5.41, 5.74) is 5.97. The molecule has 3 aromatic rings. The molecule has 0 aliphatic rings. The number of aliphatic hydroxyl groups excluding tert-OH is 1. The monoisotopic (exact) mass is 431 g/mol. The van der Waals surface area contributed by atoms with Crippen molar-refractivity contribution in [3.63, 3.8) is 0 Å². The van der Waals surface area contributed by atoms with Crippen LogP contribution in [0.3, 0.4) is 0 Å². The van der Waals surface area contributed by atoms with Crippen LogP contribution in [0.15, 0.2) is 39.9 Å². The van der Waals surface area contributed by atoms with Gasteiger partial charge in [-0.25, -0.2) is 9.59 Å². The lowest BCUT2D eigenvalue weighted by atomic mass is 10.1. The molecule has 9 heteroatoms. The Bertz CT molecular complexity index is 1160. The predicted octanol–water partition coefficient (Wildman–Crippen LogP) is 1.62. The van der Waals surface area contributed by atoms with E-state index in [9.17, 15) is 19.5 Å². The number of hydrogen-bond acceptors (Lipinski definition) is 7. The molecule has 2 heterocycles. The summed E-state index contributed by atoms with van der Waals surface area (Å²) in [6.07, 6.45) is -0.490. The Morgan fingerprint density at radius 2 is 1.90 bits per heavy atom. The molecular formula is C21H25N3O5S. The molecule has 0 fully saturated rings. The standard InChI is InChI=1S/C21H25N3O5S/c1-3-29-20(27)17-13(2)16-18(26)23(12-10-15(22)25)21(28)24(19(16)30-17)11-9-14-7-5-4-6-8-14/h4-8,15,25H,3,9-12,22H2,1-2H3. The van der Waals surface area contributed by atoms with Gasteiger partial charge < -0.3 is 15.6 Å². The lowest BCUT2D eigenvalue weighted by Crippen LogP contribution is -2.41. The molecule has 160 valence electrons. The molecule has 0 aliphatic carbocycles. The van der Waals surface area contributed by atoms with E-state index in [1.54, 1.807) is 13.8 Å². The highest BCUT2D eigenvalue weighted by Gasteiger charge is 2.23. The molecule has 8 nitrogen and oxygen atoms in total. The Morgan fingerprint density at radius 3 is 2.53 bits per heavy atom. The first-order valence-corrected chi connectivity index (χ1v) is 10.6. The summed E-state index contributed by atoms with van der Waals surface area (Å²) in [7, 11) is 0. The molecule has 3 N–H and O–H groups in total. The molecule has 0 spiro atoms. The number of thiophene rings is 1. The van der Waals surface area contributed by atoms with Gasteiger partial charge in [0.25, 0.3) is 5.56 Å². The van der Waals surface area contributed by atoms with Crippen LogP contribution in [0.2, 0.25) is 0 Å². The summed E-state index contributed by atoms with van der Waals surface area (Å²) in [6, 6.07) is 9.69. The van der Waals surface area contributed by atoms with Gasteiger partial charge in [-0.1, -0.05) is 30.3 Å². The molecule has 2 aromatic heterocycles. The Kier molecular flexibility index (Phi) is 6.86. The van der Waals surface area contributed by atoms with Crippen molar-refractivity contribution < 1.29 is 14.6 Å². The highest BCUT2D eigenvalue weighted by atomic mass is 32.1. The Balaban J connectivity index is 2.17. The molecule has 1 atom stereocenters. The minimum Gasteiger partial charge on any atom is -0.462 e. The maximum Gasteiger partial charge on any atom is 0.348 e. The zero-order valence-corrected chi connectivity index (χ0v) is 17.8. The summed E-state index contributed by atoms with van der Waals surface area (Å²) in [5.74, 6) is -0.512. The molecule has 0 saturated carbocycles. The molecule has 0 amide bonds. The third kappa shape index (κ3) is 4.38. The molecule has 0 radical (unpaired) electrons. The predicted molar refractivity (Wildman–Crippen MR) is 116 cm³/mol. The number of aromatic nitrogens is 2. The average Bonchev–Trinajstić information content (AvgIpc) is 3.06. The third-order valence-corrected chi connectivity index (χ3v) is 6.17. The second-order valence-electron chi connectivity index (χ2n) is 6.94. The second-order valence-corrected chi connectivity index (χ2v) is 7.94. The van der Waals surface area contributed by atoms with Gasteiger partial charge in [0.15, 0.2) is 0 Å². The van der Waals surface area contributed by atoms with Gasteiger partial charge in [0, 0.05) is 19.5 Å². The van der Waals surface area contributed by atoms with Gasteiger partial charge in [0.1, 0.15) is 15.9 Å². The van der Waals surface area contributed by atoms with Crippen LogP contribution >= 0.6 is 11.3 Å². The van der Waals surface area contributed by atoms with Gasteiger partial charge in [-0.3, -0.25) is 13.9 Å². The van der Waals surface area contributed by atoms with Crippen molar-refractivity contribution in [3.8, 4) is 0 Å². The third-order valence-electron chi connectivity index (χ3n) is 4.87. The van der Waals surface area contributed by atoms with Crippen molar-refractivity contribution in [2.75, 3.05) is 6.61 Å². The Hall–Kier alpha value is -2.75. The number of carbonyl (C=O) groups excluding carboxylic acids is 1. The van der Waals surface area contributed by atoms with Crippen LogP contribution in [0.4, 0.5) is 0 Å². The number of benzene rings is 1. The molecule has 0 aliphatic heterocycles. The van der Waals surface area contributed by atoms with Crippen molar-refractivity contribution in [1.82, 2.24) is 9.13 Å². The number of hydrogen-bond donors (Lipinski definition) is 2. The van der Waals surface area contributed by atoms with E-state index < -0.39 is 23.4 Å². The molecule has 30 heavy (non-hydrogen) atoms. The Morgan fingerprint density at radius 1 is 1.20 bits per heavy atom. The minimum atomic E-state index is -1.14. The van der Waals surface area contributed by atoms with Gasteiger partial charge in [-0.2, -0.15) is 0 Å². The molecule has 3 rings (SSSR count). The number of aryl methyl sites for hydroxylation is 3. The van der Waals surface area contributed by atoms with Crippen molar-refractivity contribution >= 4 is 27.5 Å². The normalized spacial score (nSPS) is 12.3. The topological polar surface area (TPSA) is 117 Å². The van der Waals surface area contributed by atoms with Gasteiger partial charge in [-0.05, 0) is 31.4 Å². The number of carbonyl (C=O) groups is 1. The quantitative estimate of drug-likeness (QED) is 0.414. The lowest BCUT2D eigenvalue weighted by Gasteiger charge is -2.13. The van der Waals surface area contributed by atoms with Crippen molar-refractivity contribution in [1.29, 1.82) is 0 Å². The zero-order chi connectivity index (χ0) is 21.8. The van der Waals surface area contributed by atoms with E-state index in [0.29, 0.717) is 33.6 Å². The van der Waals surface area contributed by atoms with E-state index in [2.05, 4.69) is 0 Å². The SMILES string of the molecule is CCOC(=O)c1sc2c(c1C)c(=O)n(CCC(N)O)c(=O)n2CCc1ccccc1. The number of rotatable bonds is 8. The van der Waals surface area contributed by atoms with Crippen molar-refractivity contribution in [3.05, 3.63) is 67.2 Å². The zero-order valence-electron chi connectivity index (χ0n) is 17.0. The molecular weight excluding hydrogens is 406 g/mol.